The van der Waals surface area contributed by atoms with Crippen LogP contribution < -0.4 is 4.74 Å². The van der Waals surface area contributed by atoms with Crippen LogP contribution in [0.4, 0.5) is 0 Å². The van der Waals surface area contributed by atoms with Crippen LogP contribution in [0.2, 0.25) is 0 Å². The van der Waals surface area contributed by atoms with Crippen molar-refractivity contribution in [1.82, 2.24) is 4.90 Å². The molecule has 3 atom stereocenters. The Morgan fingerprint density at radius 3 is 3.18 bits per heavy atom. The van der Waals surface area contributed by atoms with Crippen LogP contribution >= 0.6 is 12.4 Å². The second kappa shape index (κ2) is 6.05. The van der Waals surface area contributed by atoms with Gasteiger partial charge in [0, 0.05) is 15.6 Å². The lowest BCUT2D eigenvalue weighted by Crippen LogP contribution is -2.59. The highest BCUT2D eigenvalue weighted by molar-refractivity contribution is 5.85. The van der Waals surface area contributed by atoms with Crippen molar-refractivity contribution in [1.29, 1.82) is 0 Å². The maximum atomic E-state index is 7.78. The van der Waals surface area contributed by atoms with E-state index in [0.717, 1.165) is 19.4 Å². The van der Waals surface area contributed by atoms with Crippen molar-refractivity contribution in [2.24, 2.45) is 5.92 Å². The van der Waals surface area contributed by atoms with Crippen molar-refractivity contribution < 1.29 is 11.6 Å². The Hall–Kier alpha value is -0.730. The number of benzene rings is 1. The highest BCUT2D eigenvalue weighted by Crippen LogP contribution is 2.55. The van der Waals surface area contributed by atoms with E-state index in [4.69, 9.17) is 11.6 Å². The van der Waals surface area contributed by atoms with Crippen molar-refractivity contribution in [3.8, 4) is 5.75 Å². The smallest absolute Gasteiger partial charge is 0.119 e. The van der Waals surface area contributed by atoms with Gasteiger partial charge in [-0.05, 0) is 75.3 Å². The van der Waals surface area contributed by atoms with E-state index in [1.165, 1.54) is 36.8 Å². The average Bonchev–Trinajstić information content (AvgIpc) is 2.57. The van der Waals surface area contributed by atoms with Crippen LogP contribution in [-0.4, -0.2) is 31.1 Å². The molecule has 0 aromatic heterocycles. The minimum atomic E-state index is -2.81. The number of fused-ring (bicyclic) bond motifs is 1. The second-order valence-corrected chi connectivity index (χ2v) is 7.03. The van der Waals surface area contributed by atoms with Crippen LogP contribution in [0.5, 0.6) is 5.75 Å². The number of piperidine rings is 1. The van der Waals surface area contributed by atoms with Gasteiger partial charge >= 0.3 is 0 Å². The van der Waals surface area contributed by atoms with E-state index in [2.05, 4.69) is 11.9 Å². The summed E-state index contributed by atoms with van der Waals surface area (Å²) in [6.45, 7) is -4.41. The molecule has 1 aliphatic heterocycles. The average molecular weight is 327 g/mol. The van der Waals surface area contributed by atoms with E-state index in [-0.39, 0.29) is 17.8 Å². The molecular weight excluding hydrogens is 294 g/mol. The lowest BCUT2D eigenvalue weighted by atomic mass is 9.52. The third-order valence-corrected chi connectivity index (χ3v) is 6.25. The topological polar surface area (TPSA) is 12.5 Å². The Bertz CT molecular complexity index is 710. The molecule has 3 heteroatoms. The van der Waals surface area contributed by atoms with Gasteiger partial charge in [0.05, 0.1) is 9.30 Å². The summed E-state index contributed by atoms with van der Waals surface area (Å²) < 4.78 is 43.0. The van der Waals surface area contributed by atoms with E-state index >= 15 is 0 Å². The normalized spacial score (nSPS) is 38.0. The molecule has 4 rings (SSSR count). The van der Waals surface area contributed by atoms with Gasteiger partial charge in [-0.25, -0.2) is 0 Å². The number of rotatable bonds is 2. The zero-order chi connectivity index (χ0) is 18.7. The van der Waals surface area contributed by atoms with Gasteiger partial charge in [-0.3, -0.25) is 0 Å². The molecule has 2 nitrogen and oxygen atoms in total. The zero-order valence-electron chi connectivity index (χ0n) is 18.1. The van der Waals surface area contributed by atoms with Crippen LogP contribution in [0.25, 0.3) is 0 Å². The molecule has 0 radical (unpaired) electrons. The molecule has 22 heavy (non-hydrogen) atoms. The van der Waals surface area contributed by atoms with E-state index in [1.54, 1.807) is 6.07 Å². The number of likely N-dealkylation sites (N-methyl/N-ethyl adjacent to an activating group) is 1. The standard InChI is InChI=1S/C19H27NO.ClH/c1-3-21-15-8-7-14-12-18-16-6-4-5-9-19(16,17(14)13-15)10-11-20(18)2;/h7-8,13,16,18H,3-6,9-12H2,1-2H3;1H/t16-,18+,19+;/m0./s1/i1D3,3D2;. The predicted molar refractivity (Wildman–Crippen MR) is 93.2 cm³/mol. The molecule has 0 unspecified atom stereocenters. The number of halogens is 1. The van der Waals surface area contributed by atoms with Crippen molar-refractivity contribution in [3.05, 3.63) is 29.3 Å². The summed E-state index contributed by atoms with van der Waals surface area (Å²) in [5, 5.41) is 0. The third kappa shape index (κ3) is 2.27. The van der Waals surface area contributed by atoms with Gasteiger partial charge in [0.1, 0.15) is 5.75 Å². The summed E-state index contributed by atoms with van der Waals surface area (Å²) in [6.07, 6.45) is 7.07. The molecule has 1 saturated carbocycles. The van der Waals surface area contributed by atoms with Gasteiger partial charge in [-0.15, -0.1) is 12.4 Å². The summed E-state index contributed by atoms with van der Waals surface area (Å²) in [7, 11) is 2.23. The van der Waals surface area contributed by atoms with Gasteiger partial charge in [0.2, 0.25) is 0 Å². The summed E-state index contributed by atoms with van der Waals surface area (Å²) in [5.74, 6) is 0.970. The van der Waals surface area contributed by atoms with Crippen LogP contribution in [0.3, 0.4) is 0 Å². The fourth-order valence-corrected chi connectivity index (χ4v) is 5.30. The fraction of sp³-hybridized carbons (Fsp3) is 0.684. The van der Waals surface area contributed by atoms with E-state index in [1.807, 2.05) is 12.1 Å². The summed E-state index contributed by atoms with van der Waals surface area (Å²) in [5.41, 5.74) is 2.75. The molecule has 1 aromatic carbocycles. The molecule has 1 aromatic rings. The zero-order valence-corrected chi connectivity index (χ0v) is 13.9. The monoisotopic (exact) mass is 326 g/mol. The summed E-state index contributed by atoms with van der Waals surface area (Å²) in [6, 6.07) is 6.28. The van der Waals surface area contributed by atoms with Crippen molar-refractivity contribution in [2.75, 3.05) is 20.2 Å². The van der Waals surface area contributed by atoms with Crippen LogP contribution in [0, 0.1) is 5.92 Å². The Balaban J connectivity index is 0.00000210. The Kier molecular flexibility index (Phi) is 3.01. The SMILES string of the molecule is Cl.[2H]C([2H])([2H])C([2H])([2H])Oc1ccc2c(c1)[C@@]13CCCC[C@H]1[C@@H](C2)N(C)CC3. The lowest BCUT2D eigenvalue weighted by molar-refractivity contribution is 0.00271. The highest BCUT2D eigenvalue weighted by Gasteiger charge is 2.53. The Labute approximate surface area is 147 Å². The Morgan fingerprint density at radius 2 is 2.32 bits per heavy atom. The first-order valence-electron chi connectivity index (χ1n) is 10.7. The van der Waals surface area contributed by atoms with E-state index < -0.39 is 13.4 Å². The molecule has 1 saturated heterocycles. The van der Waals surface area contributed by atoms with Crippen LogP contribution in [0.1, 0.15) is 56.9 Å². The first-order chi connectivity index (χ1) is 12.1. The maximum absolute atomic E-state index is 7.78. The summed E-state index contributed by atoms with van der Waals surface area (Å²) in [4.78, 5) is 2.51. The molecule has 0 spiro atoms. The number of hydrogen-bond donors (Lipinski definition) is 0. The van der Waals surface area contributed by atoms with Crippen molar-refractivity contribution in [3.63, 3.8) is 0 Å². The number of hydrogen-bond acceptors (Lipinski definition) is 2. The molecule has 2 fully saturated rings. The van der Waals surface area contributed by atoms with Crippen molar-refractivity contribution >= 4 is 12.4 Å². The fourth-order valence-electron chi connectivity index (χ4n) is 5.30. The molecule has 0 N–H and O–H groups in total. The molecule has 2 bridgehead atoms. The van der Waals surface area contributed by atoms with Crippen LogP contribution in [-0.2, 0) is 11.8 Å². The third-order valence-electron chi connectivity index (χ3n) is 6.25. The van der Waals surface area contributed by atoms with Gasteiger partial charge in [0.25, 0.3) is 0 Å². The van der Waals surface area contributed by atoms with Gasteiger partial charge in [-0.1, -0.05) is 18.9 Å². The maximum Gasteiger partial charge on any atom is 0.119 e. The summed E-state index contributed by atoms with van der Waals surface area (Å²) >= 11 is 0. The molecule has 122 valence electrons. The predicted octanol–water partition coefficient (Wildman–Crippen LogP) is 4.20. The molecule has 3 aliphatic rings. The first-order valence-corrected chi connectivity index (χ1v) is 8.17. The number of likely N-dealkylation sites (tertiary alicyclic amines) is 1. The van der Waals surface area contributed by atoms with Crippen molar-refractivity contribution in [2.45, 2.75) is 56.8 Å². The molecular formula is C19H28ClNO. The number of ether oxygens (including phenoxy) is 1. The Morgan fingerprint density at radius 1 is 1.41 bits per heavy atom. The minimum Gasteiger partial charge on any atom is -0.494 e. The van der Waals surface area contributed by atoms with E-state index in [0.29, 0.717) is 17.7 Å². The molecule has 1 heterocycles. The van der Waals surface area contributed by atoms with Gasteiger partial charge in [0.15, 0.2) is 0 Å². The second-order valence-electron chi connectivity index (χ2n) is 7.03. The highest BCUT2D eigenvalue weighted by atomic mass is 35.5. The van der Waals surface area contributed by atoms with Gasteiger partial charge < -0.3 is 9.64 Å². The largest absolute Gasteiger partial charge is 0.494 e. The quantitative estimate of drug-likeness (QED) is 0.807. The molecule has 2 aliphatic carbocycles. The van der Waals surface area contributed by atoms with Gasteiger partial charge in [-0.2, -0.15) is 0 Å². The lowest BCUT2D eigenvalue weighted by Gasteiger charge is -2.58. The number of nitrogens with zero attached hydrogens (tertiary/aromatic N) is 1. The first kappa shape index (κ1) is 10.9. The van der Waals surface area contributed by atoms with Crippen LogP contribution in [0.15, 0.2) is 18.2 Å². The molecule has 0 amide bonds. The van der Waals surface area contributed by atoms with E-state index in [9.17, 15) is 0 Å². The minimum absolute atomic E-state index is 0.